The molecule has 7 nitrogen and oxygen atoms in total. The number of aromatic nitrogens is 4. The number of fused-ring (bicyclic) bond motifs is 1. The maximum Gasteiger partial charge on any atom is 0.338 e. The second-order valence-electron chi connectivity index (χ2n) is 4.65. The van der Waals surface area contributed by atoms with E-state index in [0.717, 1.165) is 0 Å². The first-order chi connectivity index (χ1) is 10.5. The van der Waals surface area contributed by atoms with Gasteiger partial charge < -0.3 is 10.1 Å². The molecule has 0 spiro atoms. The minimum Gasteiger partial charge on any atom is -0.466 e. The number of nitrogens with one attached hydrogen (secondary N) is 1. The summed E-state index contributed by atoms with van der Waals surface area (Å²) >= 11 is 5.85. The zero-order chi connectivity index (χ0) is 15.9. The summed E-state index contributed by atoms with van der Waals surface area (Å²) in [5, 5.41) is 14.0. The van der Waals surface area contributed by atoms with Gasteiger partial charge in [-0.15, -0.1) is 0 Å². The Labute approximate surface area is 129 Å². The molecule has 1 aromatic heterocycles. The topological polar surface area (TPSA) is 81.9 Å². The molecule has 1 aromatic carbocycles. The van der Waals surface area contributed by atoms with Gasteiger partial charge in [-0.1, -0.05) is 28.8 Å². The molecular formula is C13H11ClFN5O2. The predicted octanol–water partition coefficient (Wildman–Crippen LogP) is 1.93. The molecule has 0 aliphatic carbocycles. The first-order valence-corrected chi connectivity index (χ1v) is 6.70. The summed E-state index contributed by atoms with van der Waals surface area (Å²) in [6.07, 6.45) is 0. The van der Waals surface area contributed by atoms with Crippen LogP contribution in [0.15, 0.2) is 29.5 Å². The maximum atomic E-state index is 14.4. The van der Waals surface area contributed by atoms with Gasteiger partial charge in [-0.25, -0.2) is 9.18 Å². The molecule has 1 N–H and O–H groups in total. The Morgan fingerprint density at radius 2 is 2.27 bits per heavy atom. The van der Waals surface area contributed by atoms with E-state index in [1.165, 1.54) is 23.9 Å². The third kappa shape index (κ3) is 2.12. The minimum absolute atomic E-state index is 0.0486. The van der Waals surface area contributed by atoms with Gasteiger partial charge in [-0.3, -0.25) is 0 Å². The number of rotatable bonds is 2. The summed E-state index contributed by atoms with van der Waals surface area (Å²) in [5.41, 5.74) is 0.879. The smallest absolute Gasteiger partial charge is 0.338 e. The van der Waals surface area contributed by atoms with Crippen LogP contribution < -0.4 is 5.32 Å². The summed E-state index contributed by atoms with van der Waals surface area (Å²) in [7, 11) is 1.25. The third-order valence-electron chi connectivity index (χ3n) is 3.40. The zero-order valence-corrected chi connectivity index (χ0v) is 12.4. The van der Waals surface area contributed by atoms with E-state index in [-0.39, 0.29) is 16.2 Å². The molecule has 0 amide bonds. The fourth-order valence-corrected chi connectivity index (χ4v) is 2.59. The Hall–Kier alpha value is -2.48. The lowest BCUT2D eigenvalue weighted by Gasteiger charge is -2.27. The van der Waals surface area contributed by atoms with E-state index in [1.807, 2.05) is 0 Å². The molecule has 9 heteroatoms. The van der Waals surface area contributed by atoms with Crippen LogP contribution in [0.5, 0.6) is 0 Å². The normalized spacial score (nSPS) is 17.0. The summed E-state index contributed by atoms with van der Waals surface area (Å²) in [6, 6.07) is 3.68. The number of esters is 1. The number of carbonyl (C=O) groups excluding carboxylic acids is 1. The van der Waals surface area contributed by atoms with Crippen molar-refractivity contribution in [2.75, 3.05) is 12.4 Å². The first-order valence-electron chi connectivity index (χ1n) is 6.32. The van der Waals surface area contributed by atoms with Crippen LogP contribution in [0.1, 0.15) is 18.5 Å². The van der Waals surface area contributed by atoms with E-state index in [1.54, 1.807) is 13.0 Å². The second kappa shape index (κ2) is 5.38. The van der Waals surface area contributed by atoms with Crippen molar-refractivity contribution in [1.29, 1.82) is 0 Å². The third-order valence-corrected chi connectivity index (χ3v) is 3.69. The summed E-state index contributed by atoms with van der Waals surface area (Å²) < 4.78 is 20.6. The van der Waals surface area contributed by atoms with E-state index >= 15 is 0 Å². The SMILES string of the molecule is COC(=O)C1=C(C)Nc2nnnn2C1c1cccc(Cl)c1F. The van der Waals surface area contributed by atoms with E-state index in [9.17, 15) is 9.18 Å². The molecule has 22 heavy (non-hydrogen) atoms. The molecule has 1 unspecified atom stereocenters. The standard InChI is InChI=1S/C13H11ClFN5O2/c1-6-9(12(21)22-2)11(20-13(16-6)17-18-19-20)7-4-3-5-8(14)10(7)15/h3-5,11H,1-2H3,(H,16,17,19). The number of ether oxygens (including phenoxy) is 1. The van der Waals surface area contributed by atoms with Crippen molar-refractivity contribution in [1.82, 2.24) is 20.2 Å². The van der Waals surface area contributed by atoms with Crippen LogP contribution >= 0.6 is 11.6 Å². The van der Waals surface area contributed by atoms with Crippen molar-refractivity contribution < 1.29 is 13.9 Å². The molecular weight excluding hydrogens is 313 g/mol. The summed E-state index contributed by atoms with van der Waals surface area (Å²) in [5.74, 6) is -0.934. The van der Waals surface area contributed by atoms with Crippen molar-refractivity contribution >= 4 is 23.5 Å². The van der Waals surface area contributed by atoms with Gasteiger partial charge >= 0.3 is 5.97 Å². The highest BCUT2D eigenvalue weighted by molar-refractivity contribution is 6.30. The lowest BCUT2D eigenvalue weighted by molar-refractivity contribution is -0.136. The second-order valence-corrected chi connectivity index (χ2v) is 5.06. The van der Waals surface area contributed by atoms with Crippen molar-refractivity contribution in [3.63, 3.8) is 0 Å². The Kier molecular flexibility index (Phi) is 3.53. The van der Waals surface area contributed by atoms with E-state index in [0.29, 0.717) is 11.6 Å². The fraction of sp³-hybridized carbons (Fsp3) is 0.231. The average Bonchev–Trinajstić information content (AvgIpc) is 2.96. The van der Waals surface area contributed by atoms with Gasteiger partial charge in [-0.05, 0) is 23.4 Å². The molecule has 0 bridgehead atoms. The highest BCUT2D eigenvalue weighted by atomic mass is 35.5. The molecule has 2 heterocycles. The van der Waals surface area contributed by atoms with Gasteiger partial charge in [0.15, 0.2) is 0 Å². The van der Waals surface area contributed by atoms with Crippen molar-refractivity contribution in [2.24, 2.45) is 0 Å². The van der Waals surface area contributed by atoms with Gasteiger partial charge in [0.05, 0.1) is 17.7 Å². The number of allylic oxidation sites excluding steroid dienone is 1. The van der Waals surface area contributed by atoms with Crippen LogP contribution in [-0.4, -0.2) is 33.3 Å². The predicted molar refractivity (Wildman–Crippen MR) is 75.7 cm³/mol. The Morgan fingerprint density at radius 1 is 1.50 bits per heavy atom. The number of hydrogen-bond donors (Lipinski definition) is 1. The van der Waals surface area contributed by atoms with Crippen LogP contribution in [0.25, 0.3) is 0 Å². The van der Waals surface area contributed by atoms with Crippen LogP contribution in [0.3, 0.4) is 0 Å². The summed E-state index contributed by atoms with van der Waals surface area (Å²) in [6.45, 7) is 1.67. The Balaban J connectivity index is 2.25. The molecule has 3 rings (SSSR count). The largest absolute Gasteiger partial charge is 0.466 e. The van der Waals surface area contributed by atoms with Gasteiger partial charge in [0, 0.05) is 11.3 Å². The number of methoxy groups -OCH3 is 1. The zero-order valence-electron chi connectivity index (χ0n) is 11.7. The van der Waals surface area contributed by atoms with Crippen molar-refractivity contribution in [3.8, 4) is 0 Å². The van der Waals surface area contributed by atoms with Gasteiger partial charge in [-0.2, -0.15) is 4.68 Å². The van der Waals surface area contributed by atoms with Gasteiger partial charge in [0.2, 0.25) is 5.95 Å². The molecule has 0 saturated heterocycles. The lowest BCUT2D eigenvalue weighted by atomic mass is 9.95. The van der Waals surface area contributed by atoms with Crippen LogP contribution in [0.4, 0.5) is 10.3 Å². The van der Waals surface area contributed by atoms with Crippen molar-refractivity contribution in [2.45, 2.75) is 13.0 Å². The highest BCUT2D eigenvalue weighted by Gasteiger charge is 2.36. The van der Waals surface area contributed by atoms with Crippen LogP contribution in [0.2, 0.25) is 5.02 Å². The quantitative estimate of drug-likeness (QED) is 0.850. The number of anilines is 1. The molecule has 1 aliphatic heterocycles. The van der Waals surface area contributed by atoms with Crippen molar-refractivity contribution in [3.05, 3.63) is 45.9 Å². The molecule has 1 aliphatic rings. The monoisotopic (exact) mass is 323 g/mol. The summed E-state index contributed by atoms with van der Waals surface area (Å²) in [4.78, 5) is 12.1. The molecule has 0 fully saturated rings. The number of carbonyl (C=O) groups is 1. The van der Waals surface area contributed by atoms with Gasteiger partial charge in [0.25, 0.3) is 0 Å². The number of halogens is 2. The first kappa shape index (κ1) is 14.5. The Bertz CT molecular complexity index is 788. The number of nitrogens with zero attached hydrogens (tertiary/aromatic N) is 4. The highest BCUT2D eigenvalue weighted by Crippen LogP contribution is 2.37. The number of benzene rings is 1. The number of tetrazole rings is 1. The molecule has 1 atom stereocenters. The van der Waals surface area contributed by atoms with Crippen LogP contribution in [0, 0.1) is 5.82 Å². The molecule has 114 valence electrons. The lowest BCUT2D eigenvalue weighted by Crippen LogP contribution is -2.30. The molecule has 0 radical (unpaired) electrons. The van der Waals surface area contributed by atoms with Crippen LogP contribution in [-0.2, 0) is 9.53 Å². The number of hydrogen-bond acceptors (Lipinski definition) is 6. The maximum absolute atomic E-state index is 14.4. The van der Waals surface area contributed by atoms with E-state index < -0.39 is 17.8 Å². The van der Waals surface area contributed by atoms with E-state index in [4.69, 9.17) is 16.3 Å². The fourth-order valence-electron chi connectivity index (χ4n) is 2.41. The minimum atomic E-state index is -0.864. The molecule has 0 saturated carbocycles. The average molecular weight is 324 g/mol. The Morgan fingerprint density at radius 3 is 3.00 bits per heavy atom. The molecule has 2 aromatic rings. The van der Waals surface area contributed by atoms with E-state index in [2.05, 4.69) is 20.8 Å². The van der Waals surface area contributed by atoms with Gasteiger partial charge in [0.1, 0.15) is 11.9 Å².